The van der Waals surface area contributed by atoms with Gasteiger partial charge in [-0.05, 0) is 81.6 Å². The lowest BCUT2D eigenvalue weighted by Gasteiger charge is -2.30. The van der Waals surface area contributed by atoms with Crippen molar-refractivity contribution in [3.8, 4) is 0 Å². The predicted octanol–water partition coefficient (Wildman–Crippen LogP) is 5.67. The van der Waals surface area contributed by atoms with Crippen molar-refractivity contribution in [3.05, 3.63) is 88.8 Å². The van der Waals surface area contributed by atoms with Crippen molar-refractivity contribution >= 4 is 28.8 Å². The van der Waals surface area contributed by atoms with Crippen molar-refractivity contribution in [1.29, 1.82) is 0 Å². The summed E-state index contributed by atoms with van der Waals surface area (Å²) < 4.78 is 6.24. The Bertz CT molecular complexity index is 1280. The Hall–Kier alpha value is -2.77. The molecular formula is C32H38ClN3O3. The maximum atomic E-state index is 13.4. The van der Waals surface area contributed by atoms with E-state index in [1.165, 1.54) is 5.57 Å². The molecule has 0 bridgehead atoms. The first kappa shape index (κ1) is 27.8. The van der Waals surface area contributed by atoms with E-state index in [4.69, 9.17) is 16.3 Å². The fourth-order valence-corrected chi connectivity index (χ4v) is 5.99. The van der Waals surface area contributed by atoms with E-state index in [1.807, 2.05) is 68.3 Å². The summed E-state index contributed by atoms with van der Waals surface area (Å²) in [7, 11) is 0. The molecule has 3 aliphatic rings. The number of benzene rings is 1. The second kappa shape index (κ2) is 11.8. The first-order valence-electron chi connectivity index (χ1n) is 13.9. The van der Waals surface area contributed by atoms with Crippen LogP contribution in [0.15, 0.2) is 72.5 Å². The molecule has 2 aliphatic heterocycles. The molecule has 0 radical (unpaired) electrons. The summed E-state index contributed by atoms with van der Waals surface area (Å²) in [4.78, 5) is 22.2. The first-order valence-corrected chi connectivity index (χ1v) is 14.3. The fourth-order valence-electron chi connectivity index (χ4n) is 5.86. The molecule has 3 heterocycles. The lowest BCUT2D eigenvalue weighted by atomic mass is 9.80. The average molecular weight is 548 g/mol. The van der Waals surface area contributed by atoms with Crippen molar-refractivity contribution < 1.29 is 14.6 Å². The third kappa shape index (κ3) is 6.20. The highest BCUT2D eigenvalue weighted by Crippen LogP contribution is 2.39. The van der Waals surface area contributed by atoms with Gasteiger partial charge in [0.15, 0.2) is 0 Å². The highest BCUT2D eigenvalue weighted by Gasteiger charge is 2.34. The van der Waals surface area contributed by atoms with Crippen molar-refractivity contribution in [3.63, 3.8) is 0 Å². The summed E-state index contributed by atoms with van der Waals surface area (Å²) in [6.45, 7) is 9.31. The summed E-state index contributed by atoms with van der Waals surface area (Å²) in [5, 5.41) is 11.4. The van der Waals surface area contributed by atoms with Crippen LogP contribution in [0.5, 0.6) is 0 Å². The standard InChI is InChI=1S/C32H38ClN3O3/c1-4-36(25-12-10-24(33)11-13-25)31(37)22-15-18-35(20-22)17-6-8-26-27-7-5-16-34-29(27)21-39-30-14-9-23(19-28(26)30)32(2,3)38/h5,7-14,16,19,22,28,30,38H,4,6,15,17-18,20-21H2,1-3H3/b26-8+. The minimum absolute atomic E-state index is 0.00498. The number of carbonyl (C=O) groups excluding carboxylic acids is 1. The van der Waals surface area contributed by atoms with Gasteiger partial charge in [0, 0.05) is 48.0 Å². The molecule has 39 heavy (non-hydrogen) atoms. The molecule has 1 aromatic carbocycles. The van der Waals surface area contributed by atoms with Gasteiger partial charge in [-0.2, -0.15) is 0 Å². The number of amides is 1. The zero-order valence-electron chi connectivity index (χ0n) is 23.0. The lowest BCUT2D eigenvalue weighted by molar-refractivity contribution is -0.122. The minimum atomic E-state index is -0.924. The average Bonchev–Trinajstić information content (AvgIpc) is 3.34. The number of anilines is 1. The summed E-state index contributed by atoms with van der Waals surface area (Å²) in [5.74, 6) is 0.185. The van der Waals surface area contributed by atoms with Crippen LogP contribution in [0.2, 0.25) is 5.02 Å². The van der Waals surface area contributed by atoms with Crippen LogP contribution in [0.1, 0.15) is 44.9 Å². The molecule has 1 aromatic heterocycles. The van der Waals surface area contributed by atoms with Crippen LogP contribution in [0.4, 0.5) is 5.69 Å². The van der Waals surface area contributed by atoms with E-state index in [1.54, 1.807) is 0 Å². The van der Waals surface area contributed by atoms with Gasteiger partial charge in [0.05, 0.1) is 29.9 Å². The number of likely N-dealkylation sites (tertiary alicyclic amines) is 1. The zero-order chi connectivity index (χ0) is 27.6. The van der Waals surface area contributed by atoms with Crippen LogP contribution < -0.4 is 4.90 Å². The van der Waals surface area contributed by atoms with E-state index in [0.717, 1.165) is 55.0 Å². The van der Waals surface area contributed by atoms with Crippen molar-refractivity contribution in [2.45, 2.75) is 51.9 Å². The van der Waals surface area contributed by atoms with Gasteiger partial charge in [0.25, 0.3) is 0 Å². The molecule has 7 heteroatoms. The normalized spacial score (nSPS) is 24.2. The van der Waals surface area contributed by atoms with Crippen molar-refractivity contribution in [2.75, 3.05) is 31.1 Å². The van der Waals surface area contributed by atoms with Gasteiger partial charge in [-0.1, -0.05) is 42.0 Å². The van der Waals surface area contributed by atoms with Gasteiger partial charge < -0.3 is 19.6 Å². The Kier molecular flexibility index (Phi) is 8.38. The maximum Gasteiger partial charge on any atom is 0.231 e. The Morgan fingerprint density at radius 3 is 2.82 bits per heavy atom. The monoisotopic (exact) mass is 547 g/mol. The molecule has 3 unspecified atom stereocenters. The maximum absolute atomic E-state index is 13.4. The molecule has 6 nitrogen and oxygen atoms in total. The molecule has 3 atom stereocenters. The second-order valence-electron chi connectivity index (χ2n) is 11.1. The van der Waals surface area contributed by atoms with Crippen molar-refractivity contribution in [2.24, 2.45) is 11.8 Å². The van der Waals surface area contributed by atoms with Crippen LogP contribution in [0, 0.1) is 11.8 Å². The van der Waals surface area contributed by atoms with Gasteiger partial charge in [-0.15, -0.1) is 0 Å². The van der Waals surface area contributed by atoms with E-state index in [2.05, 4.69) is 34.2 Å². The molecule has 1 fully saturated rings. The Morgan fingerprint density at radius 2 is 2.08 bits per heavy atom. The zero-order valence-corrected chi connectivity index (χ0v) is 23.8. The Labute approximate surface area is 236 Å². The van der Waals surface area contributed by atoms with E-state index < -0.39 is 5.60 Å². The molecule has 1 aliphatic carbocycles. The minimum Gasteiger partial charge on any atom is -0.386 e. The van der Waals surface area contributed by atoms with Gasteiger partial charge in [-0.25, -0.2) is 0 Å². The van der Waals surface area contributed by atoms with Gasteiger partial charge in [0.1, 0.15) is 0 Å². The smallest absolute Gasteiger partial charge is 0.231 e. The molecule has 206 valence electrons. The van der Waals surface area contributed by atoms with Crippen molar-refractivity contribution in [1.82, 2.24) is 9.88 Å². The summed E-state index contributed by atoms with van der Waals surface area (Å²) in [5.41, 5.74) is 4.12. The van der Waals surface area contributed by atoms with Gasteiger partial charge in [-0.3, -0.25) is 9.78 Å². The number of hydrogen-bond donors (Lipinski definition) is 1. The number of halogens is 1. The summed E-state index contributed by atoms with van der Waals surface area (Å²) >= 11 is 6.05. The van der Waals surface area contributed by atoms with Crippen LogP contribution >= 0.6 is 11.6 Å². The number of nitrogens with zero attached hydrogens (tertiary/aromatic N) is 3. The highest BCUT2D eigenvalue weighted by atomic mass is 35.5. The van der Waals surface area contributed by atoms with Crippen LogP contribution in [0.25, 0.3) is 5.57 Å². The Balaban J connectivity index is 1.29. The number of pyridine rings is 1. The molecule has 1 amide bonds. The topological polar surface area (TPSA) is 65.9 Å². The SMILES string of the molecule is CCN(C(=O)C1CCN(CC/C=C2\c3cccnc3COC3C=CC(C(C)(C)O)=CC23)C1)c1ccc(Cl)cc1. The third-order valence-electron chi connectivity index (χ3n) is 8.01. The van der Waals surface area contributed by atoms with E-state index in [0.29, 0.717) is 18.2 Å². The van der Waals surface area contributed by atoms with Crippen LogP contribution in [0.3, 0.4) is 0 Å². The van der Waals surface area contributed by atoms with E-state index >= 15 is 0 Å². The number of hydrogen-bond acceptors (Lipinski definition) is 5. The summed E-state index contributed by atoms with van der Waals surface area (Å²) in [6.07, 6.45) is 11.9. The Morgan fingerprint density at radius 1 is 1.28 bits per heavy atom. The van der Waals surface area contributed by atoms with E-state index in [9.17, 15) is 9.90 Å². The highest BCUT2D eigenvalue weighted by molar-refractivity contribution is 6.30. The number of carbonyl (C=O) groups is 1. The predicted molar refractivity (Wildman–Crippen MR) is 156 cm³/mol. The molecular weight excluding hydrogens is 510 g/mol. The van der Waals surface area contributed by atoms with Crippen LogP contribution in [-0.2, 0) is 16.1 Å². The number of aliphatic hydroxyl groups is 1. The molecule has 2 aromatic rings. The number of ether oxygens (including phenoxy) is 1. The molecule has 0 saturated carbocycles. The number of aromatic nitrogens is 1. The van der Waals surface area contributed by atoms with Crippen LogP contribution in [-0.4, -0.2) is 58.8 Å². The molecule has 5 rings (SSSR count). The third-order valence-corrected chi connectivity index (χ3v) is 8.26. The van der Waals surface area contributed by atoms with Gasteiger partial charge >= 0.3 is 0 Å². The number of fused-ring (bicyclic) bond motifs is 2. The first-order chi connectivity index (χ1) is 18.7. The second-order valence-corrected chi connectivity index (χ2v) is 11.6. The molecule has 1 saturated heterocycles. The van der Waals surface area contributed by atoms with E-state index in [-0.39, 0.29) is 23.8 Å². The largest absolute Gasteiger partial charge is 0.386 e. The molecule has 0 spiro atoms. The quantitative estimate of drug-likeness (QED) is 0.484. The number of rotatable bonds is 7. The lowest BCUT2D eigenvalue weighted by Crippen LogP contribution is -2.37. The fraction of sp³-hybridized carbons (Fsp3) is 0.438. The summed E-state index contributed by atoms with van der Waals surface area (Å²) in [6, 6.07) is 11.6. The van der Waals surface area contributed by atoms with Gasteiger partial charge in [0.2, 0.25) is 5.91 Å². The molecule has 1 N–H and O–H groups in total.